The van der Waals surface area contributed by atoms with Gasteiger partial charge in [0.25, 0.3) is 0 Å². The summed E-state index contributed by atoms with van der Waals surface area (Å²) in [5.41, 5.74) is 0. The Labute approximate surface area is 102 Å². The number of urea groups is 1. The minimum absolute atomic E-state index is 0.0521. The van der Waals surface area contributed by atoms with Gasteiger partial charge in [-0.05, 0) is 12.3 Å². The van der Waals surface area contributed by atoms with Gasteiger partial charge in [-0.1, -0.05) is 20.8 Å². The molecule has 1 aliphatic heterocycles. The maximum Gasteiger partial charge on any atom is 0.320 e. The van der Waals surface area contributed by atoms with Gasteiger partial charge < -0.3 is 14.9 Å². The number of carboxylic acids is 1. The Morgan fingerprint density at radius 1 is 1.47 bits per heavy atom. The summed E-state index contributed by atoms with van der Waals surface area (Å²) >= 11 is 0. The van der Waals surface area contributed by atoms with Crippen molar-refractivity contribution >= 4 is 12.0 Å². The van der Waals surface area contributed by atoms with Crippen molar-refractivity contribution in [3.05, 3.63) is 0 Å². The fourth-order valence-electron chi connectivity index (χ4n) is 2.17. The highest BCUT2D eigenvalue weighted by Gasteiger charge is 2.35. The lowest BCUT2D eigenvalue weighted by Crippen LogP contribution is -2.35. The summed E-state index contributed by atoms with van der Waals surface area (Å²) in [6.07, 6.45) is 0.959. The van der Waals surface area contributed by atoms with Gasteiger partial charge in [0.05, 0.1) is 12.0 Å². The maximum absolute atomic E-state index is 11.9. The molecule has 0 radical (unpaired) electrons. The summed E-state index contributed by atoms with van der Waals surface area (Å²) < 4.78 is 0. The maximum atomic E-state index is 11.9. The summed E-state index contributed by atoms with van der Waals surface area (Å²) in [7, 11) is 1.79. The number of rotatable bonds is 5. The molecule has 5 heteroatoms. The smallest absolute Gasteiger partial charge is 0.320 e. The van der Waals surface area contributed by atoms with E-state index in [0.29, 0.717) is 19.0 Å². The van der Waals surface area contributed by atoms with E-state index in [2.05, 4.69) is 13.8 Å². The molecular weight excluding hydrogens is 220 g/mol. The van der Waals surface area contributed by atoms with Gasteiger partial charge in [0.15, 0.2) is 0 Å². The molecule has 2 unspecified atom stereocenters. The lowest BCUT2D eigenvalue weighted by Gasteiger charge is -2.19. The Hall–Kier alpha value is -1.26. The van der Waals surface area contributed by atoms with Crippen LogP contribution in [-0.4, -0.2) is 53.1 Å². The highest BCUT2D eigenvalue weighted by molar-refractivity contribution is 5.78. The molecule has 0 saturated carbocycles. The van der Waals surface area contributed by atoms with Crippen LogP contribution < -0.4 is 0 Å². The zero-order valence-electron chi connectivity index (χ0n) is 11.0. The minimum Gasteiger partial charge on any atom is -0.481 e. The van der Waals surface area contributed by atoms with E-state index in [4.69, 9.17) is 5.11 Å². The van der Waals surface area contributed by atoms with Crippen molar-refractivity contribution in [2.24, 2.45) is 11.8 Å². The van der Waals surface area contributed by atoms with Crippen LogP contribution in [-0.2, 0) is 4.79 Å². The fourth-order valence-corrected chi connectivity index (χ4v) is 2.17. The first-order valence-electron chi connectivity index (χ1n) is 6.07. The van der Waals surface area contributed by atoms with Crippen LogP contribution in [0.3, 0.4) is 0 Å². The SMILES string of the molecule is CC(C)CC1CN(CC(C)C(=O)O)C(=O)N1C. The number of carboxylic acid groups (broad SMARTS) is 1. The second-order valence-corrected chi connectivity index (χ2v) is 5.32. The van der Waals surface area contributed by atoms with Crippen LogP contribution in [0.1, 0.15) is 27.2 Å². The van der Waals surface area contributed by atoms with Gasteiger partial charge in [0.2, 0.25) is 0 Å². The summed E-state index contributed by atoms with van der Waals surface area (Å²) in [5, 5.41) is 8.85. The Kier molecular flexibility index (Phi) is 4.37. The molecule has 2 atom stereocenters. The first-order valence-corrected chi connectivity index (χ1v) is 6.07. The van der Waals surface area contributed by atoms with Crippen LogP contribution in [0.4, 0.5) is 4.79 Å². The number of hydrogen-bond acceptors (Lipinski definition) is 2. The molecule has 0 aromatic rings. The number of hydrogen-bond donors (Lipinski definition) is 1. The third kappa shape index (κ3) is 3.35. The van der Waals surface area contributed by atoms with Gasteiger partial charge >= 0.3 is 12.0 Å². The average Bonchev–Trinajstić information content (AvgIpc) is 2.46. The third-order valence-electron chi connectivity index (χ3n) is 3.21. The van der Waals surface area contributed by atoms with Crippen LogP contribution in [0.2, 0.25) is 0 Å². The Balaban J connectivity index is 2.59. The topological polar surface area (TPSA) is 60.9 Å². The highest BCUT2D eigenvalue weighted by Crippen LogP contribution is 2.21. The van der Waals surface area contributed by atoms with E-state index in [-0.39, 0.29) is 12.1 Å². The normalized spacial score (nSPS) is 22.4. The number of amides is 2. The molecule has 2 amide bonds. The molecule has 98 valence electrons. The van der Waals surface area contributed by atoms with Crippen LogP contribution in [0.15, 0.2) is 0 Å². The number of carbonyl (C=O) groups is 2. The molecule has 0 aromatic carbocycles. The lowest BCUT2D eigenvalue weighted by atomic mass is 10.0. The average molecular weight is 242 g/mol. The first kappa shape index (κ1) is 13.8. The number of aliphatic carboxylic acids is 1. The third-order valence-corrected chi connectivity index (χ3v) is 3.21. The Morgan fingerprint density at radius 2 is 2.06 bits per heavy atom. The van der Waals surface area contributed by atoms with Crippen molar-refractivity contribution in [3.8, 4) is 0 Å². The Morgan fingerprint density at radius 3 is 2.53 bits per heavy atom. The largest absolute Gasteiger partial charge is 0.481 e. The number of carbonyl (C=O) groups excluding carboxylic acids is 1. The number of likely N-dealkylation sites (N-methyl/N-ethyl adjacent to an activating group) is 1. The summed E-state index contributed by atoms with van der Waals surface area (Å²) in [5.74, 6) is -0.829. The fraction of sp³-hybridized carbons (Fsp3) is 0.833. The van der Waals surface area contributed by atoms with Crippen molar-refractivity contribution in [1.29, 1.82) is 0 Å². The van der Waals surface area contributed by atoms with Gasteiger partial charge in [-0.15, -0.1) is 0 Å². The van der Waals surface area contributed by atoms with Crippen LogP contribution in [0, 0.1) is 11.8 Å². The van der Waals surface area contributed by atoms with E-state index in [1.165, 1.54) is 0 Å². The highest BCUT2D eigenvalue weighted by atomic mass is 16.4. The van der Waals surface area contributed by atoms with Gasteiger partial charge in [-0.2, -0.15) is 0 Å². The molecule has 0 aliphatic carbocycles. The molecule has 0 aromatic heterocycles. The van der Waals surface area contributed by atoms with E-state index in [1.807, 2.05) is 0 Å². The van der Waals surface area contributed by atoms with Crippen LogP contribution >= 0.6 is 0 Å². The second kappa shape index (κ2) is 5.38. The molecular formula is C12H22N2O3. The predicted octanol–water partition coefficient (Wildman–Crippen LogP) is 1.49. The molecule has 5 nitrogen and oxygen atoms in total. The Bertz CT molecular complexity index is 304. The van der Waals surface area contributed by atoms with E-state index < -0.39 is 11.9 Å². The van der Waals surface area contributed by atoms with Crippen molar-refractivity contribution in [2.45, 2.75) is 33.2 Å². The molecule has 0 spiro atoms. The molecule has 1 N–H and O–H groups in total. The lowest BCUT2D eigenvalue weighted by molar-refractivity contribution is -0.141. The van der Waals surface area contributed by atoms with E-state index in [0.717, 1.165) is 6.42 Å². The van der Waals surface area contributed by atoms with Crippen LogP contribution in [0.25, 0.3) is 0 Å². The van der Waals surface area contributed by atoms with E-state index in [9.17, 15) is 9.59 Å². The molecule has 0 bridgehead atoms. The van der Waals surface area contributed by atoms with Crippen LogP contribution in [0.5, 0.6) is 0 Å². The monoisotopic (exact) mass is 242 g/mol. The van der Waals surface area contributed by atoms with Crippen molar-refractivity contribution in [2.75, 3.05) is 20.1 Å². The van der Waals surface area contributed by atoms with Gasteiger partial charge in [0, 0.05) is 20.1 Å². The predicted molar refractivity (Wildman–Crippen MR) is 64.8 cm³/mol. The molecule has 17 heavy (non-hydrogen) atoms. The van der Waals surface area contributed by atoms with E-state index >= 15 is 0 Å². The summed E-state index contributed by atoms with van der Waals surface area (Å²) in [6, 6.07) is 0.159. The van der Waals surface area contributed by atoms with Crippen molar-refractivity contribution < 1.29 is 14.7 Å². The zero-order chi connectivity index (χ0) is 13.2. The molecule has 1 rings (SSSR count). The van der Waals surface area contributed by atoms with E-state index in [1.54, 1.807) is 23.8 Å². The van der Waals surface area contributed by atoms with Gasteiger partial charge in [-0.25, -0.2) is 4.79 Å². The standard InChI is InChI=1S/C12H22N2O3/c1-8(2)5-10-7-14(12(17)13(10)4)6-9(3)11(15)16/h8-10H,5-7H2,1-4H3,(H,15,16). The quantitative estimate of drug-likeness (QED) is 0.794. The number of nitrogens with zero attached hydrogens (tertiary/aromatic N) is 2. The molecule has 1 fully saturated rings. The van der Waals surface area contributed by atoms with Gasteiger partial charge in [-0.3, -0.25) is 4.79 Å². The molecule has 1 aliphatic rings. The first-order chi connectivity index (χ1) is 7.82. The van der Waals surface area contributed by atoms with Gasteiger partial charge in [0.1, 0.15) is 0 Å². The van der Waals surface area contributed by atoms with Crippen molar-refractivity contribution in [3.63, 3.8) is 0 Å². The zero-order valence-corrected chi connectivity index (χ0v) is 11.0. The summed E-state index contributed by atoms with van der Waals surface area (Å²) in [4.78, 5) is 26.1. The summed E-state index contributed by atoms with van der Waals surface area (Å²) in [6.45, 7) is 6.82. The van der Waals surface area contributed by atoms with Crippen molar-refractivity contribution in [1.82, 2.24) is 9.80 Å². The molecule has 1 saturated heterocycles. The minimum atomic E-state index is -0.854. The second-order valence-electron chi connectivity index (χ2n) is 5.32. The molecule has 1 heterocycles.